The first-order valence-electron chi connectivity index (χ1n) is 3.85. The molecule has 0 bridgehead atoms. The molecule has 0 saturated heterocycles. The number of aliphatic carboxylic acids is 1. The lowest BCUT2D eigenvalue weighted by Gasteiger charge is -2.08. The van der Waals surface area contributed by atoms with Crippen LogP contribution < -0.4 is 4.74 Å². The molecule has 1 aromatic carbocycles. The molecule has 0 spiro atoms. The lowest BCUT2D eigenvalue weighted by Crippen LogP contribution is -2.02. The Kier molecular flexibility index (Phi) is 2.81. The van der Waals surface area contributed by atoms with Crippen molar-refractivity contribution < 1.29 is 24.9 Å². The van der Waals surface area contributed by atoms with Gasteiger partial charge in [-0.15, -0.1) is 0 Å². The largest absolute Gasteiger partial charge is 0.504 e. The molecule has 5 nitrogen and oxygen atoms in total. The molecule has 1 aromatic rings. The average molecular weight is 198 g/mol. The quantitative estimate of drug-likeness (QED) is 0.623. The number of hydrogen-bond acceptors (Lipinski definition) is 4. The second-order valence-corrected chi connectivity index (χ2v) is 2.72. The number of aromatic hydroxyl groups is 2. The van der Waals surface area contributed by atoms with Crippen molar-refractivity contribution in [3.05, 3.63) is 17.7 Å². The lowest BCUT2D eigenvalue weighted by atomic mass is 10.1. The molecule has 0 atom stereocenters. The molecule has 76 valence electrons. The number of carbonyl (C=O) groups is 1. The van der Waals surface area contributed by atoms with Gasteiger partial charge in [0.05, 0.1) is 13.5 Å². The Balaban J connectivity index is 3.13. The zero-order valence-corrected chi connectivity index (χ0v) is 7.52. The van der Waals surface area contributed by atoms with E-state index in [1.807, 2.05) is 0 Å². The second kappa shape index (κ2) is 3.87. The van der Waals surface area contributed by atoms with Crippen molar-refractivity contribution in [3.63, 3.8) is 0 Å². The van der Waals surface area contributed by atoms with Gasteiger partial charge in [-0.3, -0.25) is 4.79 Å². The fraction of sp³-hybridized carbons (Fsp3) is 0.222. The summed E-state index contributed by atoms with van der Waals surface area (Å²) in [5.41, 5.74) is 0.315. The average Bonchev–Trinajstić information content (AvgIpc) is 2.10. The molecule has 0 amide bonds. The molecule has 0 saturated carbocycles. The van der Waals surface area contributed by atoms with Crippen LogP contribution in [0, 0.1) is 0 Å². The van der Waals surface area contributed by atoms with Crippen molar-refractivity contribution in [2.24, 2.45) is 0 Å². The van der Waals surface area contributed by atoms with Gasteiger partial charge in [-0.25, -0.2) is 0 Å². The highest BCUT2D eigenvalue weighted by Crippen LogP contribution is 2.32. The normalized spacial score (nSPS) is 9.79. The minimum absolute atomic E-state index is 0.239. The van der Waals surface area contributed by atoms with Gasteiger partial charge < -0.3 is 20.1 Å². The van der Waals surface area contributed by atoms with E-state index in [0.717, 1.165) is 0 Å². The zero-order chi connectivity index (χ0) is 10.7. The van der Waals surface area contributed by atoms with Crippen LogP contribution >= 0.6 is 0 Å². The van der Waals surface area contributed by atoms with Gasteiger partial charge in [0.15, 0.2) is 11.5 Å². The first kappa shape index (κ1) is 10.2. The number of ether oxygens (including phenoxy) is 1. The minimum atomic E-state index is -1.03. The van der Waals surface area contributed by atoms with Gasteiger partial charge in [-0.2, -0.15) is 0 Å². The van der Waals surface area contributed by atoms with E-state index in [0.29, 0.717) is 5.56 Å². The van der Waals surface area contributed by atoms with E-state index in [2.05, 4.69) is 0 Å². The molecule has 3 N–H and O–H groups in total. The molecule has 0 radical (unpaired) electrons. The molecule has 0 unspecified atom stereocenters. The maximum Gasteiger partial charge on any atom is 0.307 e. The van der Waals surface area contributed by atoms with Crippen LogP contribution in [0.15, 0.2) is 12.1 Å². The monoisotopic (exact) mass is 198 g/mol. The Morgan fingerprint density at radius 2 is 1.93 bits per heavy atom. The van der Waals surface area contributed by atoms with Crippen LogP contribution in [0.5, 0.6) is 17.2 Å². The van der Waals surface area contributed by atoms with E-state index in [4.69, 9.17) is 20.1 Å². The molecule has 5 heteroatoms. The highest BCUT2D eigenvalue weighted by Gasteiger charge is 2.11. The smallest absolute Gasteiger partial charge is 0.307 e. The number of carboxylic acid groups (broad SMARTS) is 1. The zero-order valence-electron chi connectivity index (χ0n) is 7.52. The predicted molar refractivity (Wildman–Crippen MR) is 47.7 cm³/mol. The fourth-order valence-electron chi connectivity index (χ4n) is 1.09. The Morgan fingerprint density at radius 1 is 1.36 bits per heavy atom. The van der Waals surface area contributed by atoms with Crippen molar-refractivity contribution in [1.29, 1.82) is 0 Å². The molecule has 1 rings (SSSR count). The summed E-state index contributed by atoms with van der Waals surface area (Å²) < 4.78 is 4.85. The third kappa shape index (κ3) is 2.07. The van der Waals surface area contributed by atoms with E-state index in [-0.39, 0.29) is 23.7 Å². The maximum absolute atomic E-state index is 10.4. The Morgan fingerprint density at radius 3 is 2.43 bits per heavy atom. The van der Waals surface area contributed by atoms with Crippen LogP contribution in [0.4, 0.5) is 0 Å². The van der Waals surface area contributed by atoms with Crippen molar-refractivity contribution in [3.8, 4) is 17.2 Å². The molecule has 0 aliphatic carbocycles. The number of phenols is 2. The summed E-state index contributed by atoms with van der Waals surface area (Å²) in [7, 11) is 1.36. The van der Waals surface area contributed by atoms with Gasteiger partial charge >= 0.3 is 5.97 Å². The minimum Gasteiger partial charge on any atom is -0.504 e. The predicted octanol–water partition coefficient (Wildman–Crippen LogP) is 0.733. The fourth-order valence-corrected chi connectivity index (χ4v) is 1.09. The van der Waals surface area contributed by atoms with Gasteiger partial charge in [0.2, 0.25) is 0 Å². The SMILES string of the molecule is COc1cc(O)c(O)cc1CC(=O)O. The van der Waals surface area contributed by atoms with Crippen molar-refractivity contribution >= 4 is 5.97 Å². The van der Waals surface area contributed by atoms with E-state index >= 15 is 0 Å². The van der Waals surface area contributed by atoms with E-state index in [9.17, 15) is 4.79 Å². The summed E-state index contributed by atoms with van der Waals surface area (Å²) in [6, 6.07) is 2.34. The highest BCUT2D eigenvalue weighted by atomic mass is 16.5. The van der Waals surface area contributed by atoms with Crippen LogP contribution in [0.3, 0.4) is 0 Å². The Labute approximate surface area is 80.2 Å². The number of carboxylic acids is 1. The van der Waals surface area contributed by atoms with Crippen LogP contribution in [0.1, 0.15) is 5.56 Å². The van der Waals surface area contributed by atoms with Gasteiger partial charge in [-0.05, 0) is 6.07 Å². The lowest BCUT2D eigenvalue weighted by molar-refractivity contribution is -0.136. The third-order valence-electron chi connectivity index (χ3n) is 1.72. The van der Waals surface area contributed by atoms with Crippen LogP contribution in [-0.4, -0.2) is 28.4 Å². The van der Waals surface area contributed by atoms with Gasteiger partial charge in [0.1, 0.15) is 5.75 Å². The van der Waals surface area contributed by atoms with Crippen LogP contribution in [0.2, 0.25) is 0 Å². The molecule has 0 fully saturated rings. The summed E-state index contributed by atoms with van der Waals surface area (Å²) >= 11 is 0. The standard InChI is InChI=1S/C9H10O5/c1-14-8-4-7(11)6(10)2-5(8)3-9(12)13/h2,4,10-11H,3H2,1H3,(H,12,13). The van der Waals surface area contributed by atoms with Gasteiger partial charge in [0, 0.05) is 11.6 Å². The summed E-state index contributed by atoms with van der Waals surface area (Å²) in [4.78, 5) is 10.4. The molecule has 0 heterocycles. The Bertz CT molecular complexity index is 358. The highest BCUT2D eigenvalue weighted by molar-refractivity contribution is 5.72. The molecule has 14 heavy (non-hydrogen) atoms. The topological polar surface area (TPSA) is 87.0 Å². The number of hydrogen-bond donors (Lipinski definition) is 3. The summed E-state index contributed by atoms with van der Waals surface area (Å²) in [5, 5.41) is 26.8. The molecular weight excluding hydrogens is 188 g/mol. The number of rotatable bonds is 3. The van der Waals surface area contributed by atoms with Crippen LogP contribution in [-0.2, 0) is 11.2 Å². The first-order valence-corrected chi connectivity index (χ1v) is 3.85. The summed E-state index contributed by atoms with van der Waals surface area (Å²) in [6.45, 7) is 0. The second-order valence-electron chi connectivity index (χ2n) is 2.72. The van der Waals surface area contributed by atoms with Crippen LogP contribution in [0.25, 0.3) is 0 Å². The van der Waals surface area contributed by atoms with Crippen molar-refractivity contribution in [2.45, 2.75) is 6.42 Å². The molecular formula is C9H10O5. The molecule has 0 aromatic heterocycles. The maximum atomic E-state index is 10.4. The number of phenolic OH excluding ortho intramolecular Hbond substituents is 2. The van der Waals surface area contributed by atoms with E-state index in [1.165, 1.54) is 19.2 Å². The Hall–Kier alpha value is -1.91. The van der Waals surface area contributed by atoms with Gasteiger partial charge in [-0.1, -0.05) is 0 Å². The summed E-state index contributed by atoms with van der Waals surface area (Å²) in [6.07, 6.45) is -0.267. The number of methoxy groups -OCH3 is 1. The summed E-state index contributed by atoms with van der Waals surface area (Å²) in [5.74, 6) is -1.49. The van der Waals surface area contributed by atoms with E-state index < -0.39 is 5.97 Å². The van der Waals surface area contributed by atoms with E-state index in [1.54, 1.807) is 0 Å². The third-order valence-corrected chi connectivity index (χ3v) is 1.72. The number of benzene rings is 1. The molecule has 0 aliphatic rings. The first-order chi connectivity index (χ1) is 6.54. The molecule has 0 aliphatic heterocycles. The van der Waals surface area contributed by atoms with Crippen molar-refractivity contribution in [1.82, 2.24) is 0 Å². The van der Waals surface area contributed by atoms with Crippen molar-refractivity contribution in [2.75, 3.05) is 7.11 Å². The van der Waals surface area contributed by atoms with Gasteiger partial charge in [0.25, 0.3) is 0 Å².